The van der Waals surface area contributed by atoms with Crippen molar-refractivity contribution in [3.05, 3.63) is 11.8 Å². The Labute approximate surface area is 115 Å². The van der Waals surface area contributed by atoms with Gasteiger partial charge in [0.05, 0.1) is 5.69 Å². The monoisotopic (exact) mass is 263 g/mol. The minimum atomic E-state index is 0.386. The third-order valence-corrected chi connectivity index (χ3v) is 3.02. The largest absolute Gasteiger partial charge is 0.368 e. The lowest BCUT2D eigenvalue weighted by atomic mass is 10.2. The molecule has 19 heavy (non-hydrogen) atoms. The lowest BCUT2D eigenvalue weighted by molar-refractivity contribution is 0.425. The number of likely N-dealkylation sites (N-methyl/N-ethyl adjacent to an activating group) is 1. The van der Waals surface area contributed by atoms with E-state index in [1.807, 2.05) is 0 Å². The van der Waals surface area contributed by atoms with Crippen LogP contribution < -0.4 is 10.6 Å². The van der Waals surface area contributed by atoms with Gasteiger partial charge in [-0.05, 0) is 40.8 Å². The fourth-order valence-electron chi connectivity index (χ4n) is 1.89. The molecule has 0 atom stereocenters. The first kappa shape index (κ1) is 14.1. The Morgan fingerprint density at radius 1 is 1.32 bits per heavy atom. The fraction of sp³-hybridized carbons (Fsp3) is 0.714. The van der Waals surface area contributed by atoms with E-state index in [0.717, 1.165) is 24.9 Å². The van der Waals surface area contributed by atoms with Crippen LogP contribution in [0.5, 0.6) is 0 Å². The van der Waals surface area contributed by atoms with Crippen LogP contribution in [0.4, 0.5) is 11.8 Å². The average molecular weight is 263 g/mol. The van der Waals surface area contributed by atoms with Gasteiger partial charge in [-0.2, -0.15) is 4.98 Å². The van der Waals surface area contributed by atoms with Gasteiger partial charge < -0.3 is 15.5 Å². The maximum atomic E-state index is 4.62. The van der Waals surface area contributed by atoms with Gasteiger partial charge in [0.1, 0.15) is 5.82 Å². The number of nitrogens with one attached hydrogen (secondary N) is 2. The van der Waals surface area contributed by atoms with Crippen LogP contribution in [0.3, 0.4) is 0 Å². The first-order valence-electron chi connectivity index (χ1n) is 7.08. The molecule has 1 aliphatic rings. The van der Waals surface area contributed by atoms with E-state index in [9.17, 15) is 0 Å². The molecule has 0 bridgehead atoms. The summed E-state index contributed by atoms with van der Waals surface area (Å²) in [7, 11) is 4.13. The Morgan fingerprint density at radius 2 is 2.05 bits per heavy atom. The highest BCUT2D eigenvalue weighted by Gasteiger charge is 2.26. The zero-order chi connectivity index (χ0) is 13.8. The average Bonchev–Trinajstić information content (AvgIpc) is 3.10. The summed E-state index contributed by atoms with van der Waals surface area (Å²) < 4.78 is 0. The second-order valence-electron chi connectivity index (χ2n) is 5.81. The zero-order valence-electron chi connectivity index (χ0n) is 12.4. The standard InChI is InChI=1S/C14H25N5/c1-10(2)16-13-9-12(11-5-6-11)17-14(18-13)15-7-8-19(3)4/h9-11H,5-8H2,1-4H3,(H2,15,16,17,18). The van der Waals surface area contributed by atoms with Crippen LogP contribution >= 0.6 is 0 Å². The third-order valence-electron chi connectivity index (χ3n) is 3.02. The van der Waals surface area contributed by atoms with Gasteiger partial charge in [0.2, 0.25) is 5.95 Å². The van der Waals surface area contributed by atoms with Crippen LogP contribution in [0.2, 0.25) is 0 Å². The van der Waals surface area contributed by atoms with Gasteiger partial charge in [-0.25, -0.2) is 4.98 Å². The van der Waals surface area contributed by atoms with E-state index in [-0.39, 0.29) is 0 Å². The molecule has 106 valence electrons. The van der Waals surface area contributed by atoms with E-state index < -0.39 is 0 Å². The molecule has 1 heterocycles. The SMILES string of the molecule is CC(C)Nc1cc(C2CC2)nc(NCCN(C)C)n1. The predicted molar refractivity (Wildman–Crippen MR) is 79.8 cm³/mol. The highest BCUT2D eigenvalue weighted by molar-refractivity contribution is 5.44. The van der Waals surface area contributed by atoms with Crippen molar-refractivity contribution in [2.75, 3.05) is 37.8 Å². The highest BCUT2D eigenvalue weighted by Crippen LogP contribution is 2.39. The molecule has 5 heteroatoms. The number of hydrogen-bond acceptors (Lipinski definition) is 5. The molecule has 1 aromatic heterocycles. The smallest absolute Gasteiger partial charge is 0.224 e. The Morgan fingerprint density at radius 3 is 2.63 bits per heavy atom. The van der Waals surface area contributed by atoms with Crippen molar-refractivity contribution in [1.29, 1.82) is 0 Å². The number of rotatable bonds is 7. The van der Waals surface area contributed by atoms with Gasteiger partial charge in [-0.15, -0.1) is 0 Å². The summed E-state index contributed by atoms with van der Waals surface area (Å²) in [4.78, 5) is 11.3. The molecular formula is C14H25N5. The van der Waals surface area contributed by atoms with Crippen LogP contribution in [0.25, 0.3) is 0 Å². The van der Waals surface area contributed by atoms with Crippen molar-refractivity contribution in [2.24, 2.45) is 0 Å². The molecule has 5 nitrogen and oxygen atoms in total. The minimum absolute atomic E-state index is 0.386. The maximum absolute atomic E-state index is 4.62. The Hall–Kier alpha value is -1.36. The van der Waals surface area contributed by atoms with Gasteiger partial charge in [0.15, 0.2) is 0 Å². The molecule has 1 fully saturated rings. The highest BCUT2D eigenvalue weighted by atomic mass is 15.2. The number of nitrogens with zero attached hydrogens (tertiary/aromatic N) is 3. The van der Waals surface area contributed by atoms with Crippen LogP contribution in [0, 0.1) is 0 Å². The summed E-state index contributed by atoms with van der Waals surface area (Å²) >= 11 is 0. The lowest BCUT2D eigenvalue weighted by Crippen LogP contribution is -2.22. The molecule has 0 aromatic carbocycles. The summed E-state index contributed by atoms with van der Waals surface area (Å²) in [6, 6.07) is 2.48. The summed E-state index contributed by atoms with van der Waals surface area (Å²) in [6.07, 6.45) is 2.52. The number of aromatic nitrogens is 2. The number of anilines is 2. The molecule has 2 rings (SSSR count). The van der Waals surface area contributed by atoms with Gasteiger partial charge >= 0.3 is 0 Å². The van der Waals surface area contributed by atoms with E-state index in [4.69, 9.17) is 0 Å². The molecule has 0 spiro atoms. The van der Waals surface area contributed by atoms with E-state index in [1.165, 1.54) is 18.5 Å². The topological polar surface area (TPSA) is 53.1 Å². The predicted octanol–water partition coefficient (Wildman–Crippen LogP) is 2.15. The molecule has 0 aliphatic heterocycles. The van der Waals surface area contributed by atoms with E-state index in [2.05, 4.69) is 59.5 Å². The summed E-state index contributed by atoms with van der Waals surface area (Å²) in [5.74, 6) is 2.32. The van der Waals surface area contributed by atoms with E-state index in [1.54, 1.807) is 0 Å². The van der Waals surface area contributed by atoms with E-state index >= 15 is 0 Å². The zero-order valence-corrected chi connectivity index (χ0v) is 12.4. The van der Waals surface area contributed by atoms with Crippen LogP contribution in [0.15, 0.2) is 6.07 Å². The lowest BCUT2D eigenvalue weighted by Gasteiger charge is -2.14. The van der Waals surface area contributed by atoms with Crippen LogP contribution in [-0.4, -0.2) is 48.1 Å². The molecule has 0 radical (unpaired) electrons. The van der Waals surface area contributed by atoms with Crippen molar-refractivity contribution in [1.82, 2.24) is 14.9 Å². The quantitative estimate of drug-likeness (QED) is 0.789. The summed E-state index contributed by atoms with van der Waals surface area (Å²) in [5.41, 5.74) is 1.17. The summed E-state index contributed by atoms with van der Waals surface area (Å²) in [6.45, 7) is 6.09. The van der Waals surface area contributed by atoms with Gasteiger partial charge in [0, 0.05) is 31.1 Å². The number of hydrogen-bond donors (Lipinski definition) is 2. The molecule has 1 aromatic rings. The Bertz CT molecular complexity index is 412. The molecule has 0 saturated heterocycles. The van der Waals surface area contributed by atoms with E-state index in [0.29, 0.717) is 12.0 Å². The van der Waals surface area contributed by atoms with Crippen molar-refractivity contribution in [3.8, 4) is 0 Å². The molecule has 1 saturated carbocycles. The van der Waals surface area contributed by atoms with Crippen molar-refractivity contribution >= 4 is 11.8 Å². The minimum Gasteiger partial charge on any atom is -0.368 e. The van der Waals surface area contributed by atoms with Gasteiger partial charge in [-0.3, -0.25) is 0 Å². The normalized spacial score (nSPS) is 15.1. The first-order chi connectivity index (χ1) is 9.04. The fourth-order valence-corrected chi connectivity index (χ4v) is 1.89. The summed E-state index contributed by atoms with van der Waals surface area (Å²) in [5, 5.41) is 6.67. The molecule has 2 N–H and O–H groups in total. The molecular weight excluding hydrogens is 238 g/mol. The van der Waals surface area contributed by atoms with Crippen molar-refractivity contribution in [2.45, 2.75) is 38.6 Å². The van der Waals surface area contributed by atoms with Crippen molar-refractivity contribution in [3.63, 3.8) is 0 Å². The second kappa shape index (κ2) is 6.19. The third kappa shape index (κ3) is 4.67. The van der Waals surface area contributed by atoms with Crippen LogP contribution in [0.1, 0.15) is 38.3 Å². The Kier molecular flexibility index (Phi) is 4.58. The molecule has 1 aliphatic carbocycles. The molecule has 0 unspecified atom stereocenters. The van der Waals surface area contributed by atoms with Gasteiger partial charge in [0.25, 0.3) is 0 Å². The van der Waals surface area contributed by atoms with Crippen molar-refractivity contribution < 1.29 is 0 Å². The van der Waals surface area contributed by atoms with Crippen LogP contribution in [-0.2, 0) is 0 Å². The molecule has 0 amide bonds. The first-order valence-corrected chi connectivity index (χ1v) is 7.08. The van der Waals surface area contributed by atoms with Gasteiger partial charge in [-0.1, -0.05) is 0 Å². The second-order valence-corrected chi connectivity index (χ2v) is 5.81. The Balaban J connectivity index is 2.05. The maximum Gasteiger partial charge on any atom is 0.224 e.